The van der Waals surface area contributed by atoms with Crippen LogP contribution in [0.5, 0.6) is 0 Å². The van der Waals surface area contributed by atoms with Crippen molar-refractivity contribution in [2.75, 3.05) is 13.1 Å². The number of carbonyl (C=O) groups is 2. The first-order valence-electron chi connectivity index (χ1n) is 7.20. The second kappa shape index (κ2) is 6.18. The molecule has 2 rings (SSSR count). The number of nitrogens with zero attached hydrogens (tertiary/aromatic N) is 1. The van der Waals surface area contributed by atoms with Gasteiger partial charge in [0.25, 0.3) is 0 Å². The summed E-state index contributed by atoms with van der Waals surface area (Å²) in [5, 5.41) is 0. The summed E-state index contributed by atoms with van der Waals surface area (Å²) in [6.07, 6.45) is 2.99. The lowest BCUT2D eigenvalue weighted by Crippen LogP contribution is -2.37. The maximum atomic E-state index is 12.6. The van der Waals surface area contributed by atoms with Gasteiger partial charge in [0.1, 0.15) is 0 Å². The Kier molecular flexibility index (Phi) is 4.55. The molecule has 0 saturated carbocycles. The molecule has 20 heavy (non-hydrogen) atoms. The molecule has 2 N–H and O–H groups in total. The number of imide groups is 1. The Morgan fingerprint density at radius 3 is 2.50 bits per heavy atom. The number of likely N-dealkylation sites (tertiary alicyclic amines) is 1. The maximum absolute atomic E-state index is 12.6. The van der Waals surface area contributed by atoms with E-state index in [9.17, 15) is 9.59 Å². The molecule has 1 aromatic carbocycles. The van der Waals surface area contributed by atoms with Gasteiger partial charge in [0.15, 0.2) is 0 Å². The van der Waals surface area contributed by atoms with Crippen molar-refractivity contribution in [1.29, 1.82) is 0 Å². The summed E-state index contributed by atoms with van der Waals surface area (Å²) < 4.78 is 0. The molecule has 0 spiro atoms. The number of benzene rings is 1. The standard InChI is InChI=1S/C16H22N2O2/c1-16(13-8-4-2-5-9-13)12-14(19)18(15(16)20)11-7-3-6-10-17/h2,4-5,8-9H,3,6-7,10-12,17H2,1H3. The van der Waals surface area contributed by atoms with E-state index in [1.807, 2.05) is 37.3 Å². The summed E-state index contributed by atoms with van der Waals surface area (Å²) in [5.41, 5.74) is 5.67. The lowest BCUT2D eigenvalue weighted by Gasteiger charge is -2.22. The molecule has 0 radical (unpaired) electrons. The highest BCUT2D eigenvalue weighted by molar-refractivity contribution is 6.08. The highest BCUT2D eigenvalue weighted by atomic mass is 16.2. The first-order chi connectivity index (χ1) is 9.59. The Hall–Kier alpha value is -1.68. The topological polar surface area (TPSA) is 63.4 Å². The SMILES string of the molecule is CC1(c2ccccc2)CC(=O)N(CCCCCN)C1=O. The van der Waals surface area contributed by atoms with Crippen LogP contribution in [0.1, 0.15) is 38.2 Å². The Balaban J connectivity index is 2.08. The Bertz CT molecular complexity index is 487. The lowest BCUT2D eigenvalue weighted by molar-refractivity contribution is -0.139. The van der Waals surface area contributed by atoms with E-state index in [4.69, 9.17) is 5.73 Å². The zero-order valence-corrected chi connectivity index (χ0v) is 12.0. The number of hydrogen-bond acceptors (Lipinski definition) is 3. The van der Waals surface area contributed by atoms with Gasteiger partial charge in [-0.05, 0) is 31.9 Å². The van der Waals surface area contributed by atoms with Crippen molar-refractivity contribution in [3.05, 3.63) is 35.9 Å². The fourth-order valence-corrected chi connectivity index (χ4v) is 2.73. The average molecular weight is 274 g/mol. The monoisotopic (exact) mass is 274 g/mol. The number of rotatable bonds is 6. The zero-order valence-electron chi connectivity index (χ0n) is 12.0. The van der Waals surface area contributed by atoms with Crippen molar-refractivity contribution < 1.29 is 9.59 Å². The maximum Gasteiger partial charge on any atom is 0.240 e. The predicted octanol–water partition coefficient (Wildman–Crippen LogP) is 1.83. The number of hydrogen-bond donors (Lipinski definition) is 1. The molecule has 1 heterocycles. The molecule has 108 valence electrons. The Morgan fingerprint density at radius 1 is 1.15 bits per heavy atom. The van der Waals surface area contributed by atoms with E-state index in [1.54, 1.807) is 0 Å². The number of carbonyl (C=O) groups excluding carboxylic acids is 2. The minimum atomic E-state index is -0.702. The van der Waals surface area contributed by atoms with Crippen molar-refractivity contribution in [2.45, 2.75) is 38.0 Å². The van der Waals surface area contributed by atoms with Crippen LogP contribution in [0, 0.1) is 0 Å². The molecule has 0 aromatic heterocycles. The van der Waals surface area contributed by atoms with Crippen LogP contribution in [0.4, 0.5) is 0 Å². The van der Waals surface area contributed by atoms with Gasteiger partial charge >= 0.3 is 0 Å². The van der Waals surface area contributed by atoms with Gasteiger partial charge in [0.2, 0.25) is 11.8 Å². The molecule has 1 aromatic rings. The van der Waals surface area contributed by atoms with Crippen molar-refractivity contribution >= 4 is 11.8 Å². The lowest BCUT2D eigenvalue weighted by atomic mass is 9.81. The van der Waals surface area contributed by atoms with Crippen LogP contribution in [-0.4, -0.2) is 29.8 Å². The summed E-state index contributed by atoms with van der Waals surface area (Å²) >= 11 is 0. The summed E-state index contributed by atoms with van der Waals surface area (Å²) in [4.78, 5) is 26.1. The van der Waals surface area contributed by atoms with Crippen molar-refractivity contribution in [3.8, 4) is 0 Å². The minimum absolute atomic E-state index is 0.0610. The van der Waals surface area contributed by atoms with Gasteiger partial charge in [0, 0.05) is 13.0 Å². The van der Waals surface area contributed by atoms with Gasteiger partial charge in [-0.1, -0.05) is 36.8 Å². The summed E-state index contributed by atoms with van der Waals surface area (Å²) in [6, 6.07) is 9.56. The molecule has 1 aliphatic heterocycles. The van der Waals surface area contributed by atoms with Crippen LogP contribution in [-0.2, 0) is 15.0 Å². The smallest absolute Gasteiger partial charge is 0.240 e. The summed E-state index contributed by atoms with van der Waals surface area (Å²) in [5.74, 6) is -0.129. The largest absolute Gasteiger partial charge is 0.330 e. The Morgan fingerprint density at radius 2 is 1.85 bits per heavy atom. The van der Waals surface area contributed by atoms with Crippen LogP contribution >= 0.6 is 0 Å². The first kappa shape index (κ1) is 14.7. The van der Waals surface area contributed by atoms with Crippen LogP contribution in [0.3, 0.4) is 0 Å². The zero-order chi connectivity index (χ0) is 14.6. The molecule has 4 heteroatoms. The third-order valence-corrected chi connectivity index (χ3v) is 4.02. The van der Waals surface area contributed by atoms with Crippen LogP contribution in [0.15, 0.2) is 30.3 Å². The normalized spacial score (nSPS) is 22.6. The van der Waals surface area contributed by atoms with E-state index in [2.05, 4.69) is 0 Å². The molecular formula is C16H22N2O2. The fraction of sp³-hybridized carbons (Fsp3) is 0.500. The summed E-state index contributed by atoms with van der Waals surface area (Å²) in [6.45, 7) is 3.03. The van der Waals surface area contributed by atoms with E-state index in [-0.39, 0.29) is 18.2 Å². The molecule has 1 aliphatic rings. The van der Waals surface area contributed by atoms with E-state index >= 15 is 0 Å². The van der Waals surface area contributed by atoms with Crippen molar-refractivity contribution in [2.24, 2.45) is 5.73 Å². The molecule has 1 saturated heterocycles. The van der Waals surface area contributed by atoms with Gasteiger partial charge in [0.05, 0.1) is 5.41 Å². The van der Waals surface area contributed by atoms with Gasteiger partial charge in [-0.3, -0.25) is 14.5 Å². The minimum Gasteiger partial charge on any atom is -0.330 e. The highest BCUT2D eigenvalue weighted by Crippen LogP contribution is 2.36. The number of nitrogens with two attached hydrogens (primary N) is 1. The molecule has 1 fully saturated rings. The quantitative estimate of drug-likeness (QED) is 0.636. The molecule has 4 nitrogen and oxygen atoms in total. The van der Waals surface area contributed by atoms with Crippen molar-refractivity contribution in [1.82, 2.24) is 4.90 Å². The van der Waals surface area contributed by atoms with Gasteiger partial charge in [-0.2, -0.15) is 0 Å². The summed E-state index contributed by atoms with van der Waals surface area (Å²) in [7, 11) is 0. The third kappa shape index (κ3) is 2.75. The van der Waals surface area contributed by atoms with E-state index in [0.717, 1.165) is 24.8 Å². The average Bonchev–Trinajstić information content (AvgIpc) is 2.68. The molecule has 1 atom stereocenters. The third-order valence-electron chi connectivity index (χ3n) is 4.02. The van der Waals surface area contributed by atoms with Crippen LogP contribution in [0.25, 0.3) is 0 Å². The van der Waals surface area contributed by atoms with E-state index in [0.29, 0.717) is 13.1 Å². The molecular weight excluding hydrogens is 252 g/mol. The predicted molar refractivity (Wildman–Crippen MR) is 78.0 cm³/mol. The molecule has 2 amide bonds. The van der Waals surface area contributed by atoms with Gasteiger partial charge in [-0.25, -0.2) is 0 Å². The number of amides is 2. The van der Waals surface area contributed by atoms with E-state index < -0.39 is 5.41 Å². The molecule has 0 bridgehead atoms. The number of unbranched alkanes of at least 4 members (excludes halogenated alkanes) is 2. The van der Waals surface area contributed by atoms with Crippen molar-refractivity contribution in [3.63, 3.8) is 0 Å². The first-order valence-corrected chi connectivity index (χ1v) is 7.20. The van der Waals surface area contributed by atoms with Gasteiger partial charge < -0.3 is 5.73 Å². The van der Waals surface area contributed by atoms with Crippen LogP contribution in [0.2, 0.25) is 0 Å². The second-order valence-electron chi connectivity index (χ2n) is 5.57. The second-order valence-corrected chi connectivity index (χ2v) is 5.57. The highest BCUT2D eigenvalue weighted by Gasteiger charge is 2.48. The Labute approximate surface area is 119 Å². The van der Waals surface area contributed by atoms with E-state index in [1.165, 1.54) is 4.90 Å². The van der Waals surface area contributed by atoms with Crippen LogP contribution < -0.4 is 5.73 Å². The molecule has 1 unspecified atom stereocenters. The fourth-order valence-electron chi connectivity index (χ4n) is 2.73. The molecule has 0 aliphatic carbocycles. The van der Waals surface area contributed by atoms with Gasteiger partial charge in [-0.15, -0.1) is 0 Å².